The minimum Gasteiger partial charge on any atom is -0.459 e. The van der Waals surface area contributed by atoms with Crippen LogP contribution in [0.5, 0.6) is 0 Å². The molecule has 2 aliphatic rings. The van der Waals surface area contributed by atoms with E-state index in [-0.39, 0.29) is 0 Å². The minimum atomic E-state index is -0.488. The van der Waals surface area contributed by atoms with Gasteiger partial charge in [0.1, 0.15) is 5.76 Å². The monoisotopic (exact) mass is 248 g/mol. The average Bonchev–Trinajstić information content (AvgIpc) is 2.94. The van der Waals surface area contributed by atoms with Crippen LogP contribution in [0.25, 0.3) is 6.08 Å². The van der Waals surface area contributed by atoms with Crippen molar-refractivity contribution in [3.63, 3.8) is 0 Å². The summed E-state index contributed by atoms with van der Waals surface area (Å²) < 4.78 is 11.5. The van der Waals surface area contributed by atoms with E-state index in [1.54, 1.807) is 0 Å². The Labute approximate surface area is 105 Å². The fourth-order valence-electron chi connectivity index (χ4n) is 2.13. The fraction of sp³-hybridized carbons (Fsp3) is 0.286. The minimum absolute atomic E-state index is 0.488. The summed E-state index contributed by atoms with van der Waals surface area (Å²) in [5, 5.41) is 0.741. The Balaban J connectivity index is 1.78. The molecule has 1 unspecified atom stereocenters. The molecule has 3 heteroatoms. The second-order valence-corrected chi connectivity index (χ2v) is 4.73. The van der Waals surface area contributed by atoms with Gasteiger partial charge in [0, 0.05) is 11.4 Å². The van der Waals surface area contributed by atoms with Crippen molar-refractivity contribution in [2.45, 2.75) is 18.6 Å². The molecule has 0 aromatic heterocycles. The van der Waals surface area contributed by atoms with Crippen molar-refractivity contribution in [1.29, 1.82) is 0 Å². The summed E-state index contributed by atoms with van der Waals surface area (Å²) in [5.41, 5.74) is 1.07. The van der Waals surface area contributed by atoms with Gasteiger partial charge in [-0.15, -0.1) is 0 Å². The van der Waals surface area contributed by atoms with Crippen LogP contribution >= 0.6 is 11.6 Å². The number of benzene rings is 1. The zero-order valence-electron chi connectivity index (χ0n) is 9.36. The number of ether oxygens (including phenoxy) is 2. The van der Waals surface area contributed by atoms with Crippen molar-refractivity contribution < 1.29 is 9.47 Å². The SMILES string of the molecule is Clc1ccc(/C=C2/C=CC3(CCCO3)O2)cc1. The van der Waals surface area contributed by atoms with Crippen LogP contribution in [0.15, 0.2) is 42.2 Å². The Morgan fingerprint density at radius 2 is 2.06 bits per heavy atom. The van der Waals surface area contributed by atoms with E-state index in [0.29, 0.717) is 0 Å². The zero-order chi connectivity index (χ0) is 11.7. The van der Waals surface area contributed by atoms with Gasteiger partial charge < -0.3 is 9.47 Å². The van der Waals surface area contributed by atoms with E-state index in [0.717, 1.165) is 35.8 Å². The normalized spacial score (nSPS) is 29.1. The zero-order valence-corrected chi connectivity index (χ0v) is 10.1. The molecule has 1 aromatic carbocycles. The van der Waals surface area contributed by atoms with Gasteiger partial charge in [-0.3, -0.25) is 0 Å². The number of halogens is 1. The summed E-state index contributed by atoms with van der Waals surface area (Å²) in [6.07, 6.45) is 7.95. The van der Waals surface area contributed by atoms with Crippen molar-refractivity contribution in [2.24, 2.45) is 0 Å². The van der Waals surface area contributed by atoms with Gasteiger partial charge in [-0.2, -0.15) is 0 Å². The molecule has 1 atom stereocenters. The van der Waals surface area contributed by atoms with E-state index in [9.17, 15) is 0 Å². The predicted octanol–water partition coefficient (Wildman–Crippen LogP) is 3.77. The largest absolute Gasteiger partial charge is 0.459 e. The topological polar surface area (TPSA) is 18.5 Å². The van der Waals surface area contributed by atoms with Gasteiger partial charge in [-0.05, 0) is 42.3 Å². The maximum atomic E-state index is 5.84. The maximum Gasteiger partial charge on any atom is 0.230 e. The molecule has 17 heavy (non-hydrogen) atoms. The summed E-state index contributed by atoms with van der Waals surface area (Å²) in [6.45, 7) is 0.776. The van der Waals surface area contributed by atoms with Gasteiger partial charge in [0.05, 0.1) is 6.61 Å². The van der Waals surface area contributed by atoms with Gasteiger partial charge in [-0.25, -0.2) is 0 Å². The number of hydrogen-bond donors (Lipinski definition) is 0. The van der Waals surface area contributed by atoms with E-state index in [1.165, 1.54) is 0 Å². The quantitative estimate of drug-likeness (QED) is 0.753. The first-order valence-corrected chi connectivity index (χ1v) is 6.13. The van der Waals surface area contributed by atoms with Gasteiger partial charge in [0.25, 0.3) is 0 Å². The van der Waals surface area contributed by atoms with Crippen LogP contribution in [0.1, 0.15) is 18.4 Å². The highest BCUT2D eigenvalue weighted by Gasteiger charge is 2.38. The number of hydrogen-bond acceptors (Lipinski definition) is 2. The lowest BCUT2D eigenvalue weighted by Crippen LogP contribution is -2.24. The lowest BCUT2D eigenvalue weighted by Gasteiger charge is -2.20. The van der Waals surface area contributed by atoms with Crippen molar-refractivity contribution >= 4 is 17.7 Å². The predicted molar refractivity (Wildman–Crippen MR) is 67.6 cm³/mol. The average molecular weight is 249 g/mol. The lowest BCUT2D eigenvalue weighted by molar-refractivity contribution is -0.135. The summed E-state index contributed by atoms with van der Waals surface area (Å²) in [6, 6.07) is 7.67. The Morgan fingerprint density at radius 1 is 1.24 bits per heavy atom. The second-order valence-electron chi connectivity index (χ2n) is 4.30. The lowest BCUT2D eigenvalue weighted by atomic mass is 10.2. The Kier molecular flexibility index (Phi) is 2.69. The molecule has 88 valence electrons. The molecule has 2 heterocycles. The Bertz CT molecular complexity index is 468. The molecular formula is C14H13ClO2. The third-order valence-electron chi connectivity index (χ3n) is 2.99. The Morgan fingerprint density at radius 3 is 2.76 bits per heavy atom. The van der Waals surface area contributed by atoms with Crippen molar-refractivity contribution in [3.05, 3.63) is 52.8 Å². The molecule has 1 aromatic rings. The Hall–Kier alpha value is -1.25. The highest BCUT2D eigenvalue weighted by Crippen LogP contribution is 2.36. The van der Waals surface area contributed by atoms with Crippen LogP contribution < -0.4 is 0 Å². The van der Waals surface area contributed by atoms with Gasteiger partial charge in [0.2, 0.25) is 5.79 Å². The first kappa shape index (κ1) is 10.9. The molecule has 1 fully saturated rings. The third kappa shape index (κ3) is 2.24. The third-order valence-corrected chi connectivity index (χ3v) is 3.24. The summed E-state index contributed by atoms with van der Waals surface area (Å²) >= 11 is 5.84. The summed E-state index contributed by atoms with van der Waals surface area (Å²) in [5.74, 6) is 0.354. The fourth-order valence-corrected chi connectivity index (χ4v) is 2.25. The molecule has 1 spiro atoms. The molecule has 2 aliphatic heterocycles. The molecular weight excluding hydrogens is 236 g/mol. The summed E-state index contributed by atoms with van der Waals surface area (Å²) in [4.78, 5) is 0. The molecule has 0 N–H and O–H groups in total. The maximum absolute atomic E-state index is 5.84. The molecule has 0 amide bonds. The molecule has 3 rings (SSSR count). The molecule has 0 bridgehead atoms. The molecule has 2 nitrogen and oxygen atoms in total. The van der Waals surface area contributed by atoms with Crippen molar-refractivity contribution in [2.75, 3.05) is 6.61 Å². The van der Waals surface area contributed by atoms with Crippen LogP contribution in [0.2, 0.25) is 5.02 Å². The number of allylic oxidation sites excluding steroid dienone is 1. The first-order chi connectivity index (χ1) is 8.26. The van der Waals surface area contributed by atoms with E-state index in [2.05, 4.69) is 0 Å². The summed E-state index contributed by atoms with van der Waals surface area (Å²) in [7, 11) is 0. The van der Waals surface area contributed by atoms with Crippen LogP contribution in [-0.4, -0.2) is 12.4 Å². The van der Waals surface area contributed by atoms with E-state index < -0.39 is 5.79 Å². The van der Waals surface area contributed by atoms with Crippen LogP contribution in [0, 0.1) is 0 Å². The van der Waals surface area contributed by atoms with Gasteiger partial charge >= 0.3 is 0 Å². The highest BCUT2D eigenvalue weighted by molar-refractivity contribution is 6.30. The van der Waals surface area contributed by atoms with Crippen molar-refractivity contribution in [1.82, 2.24) is 0 Å². The van der Waals surface area contributed by atoms with Crippen LogP contribution in [-0.2, 0) is 9.47 Å². The van der Waals surface area contributed by atoms with E-state index in [1.807, 2.05) is 42.5 Å². The molecule has 0 saturated carbocycles. The van der Waals surface area contributed by atoms with Gasteiger partial charge in [0.15, 0.2) is 0 Å². The van der Waals surface area contributed by atoms with Crippen LogP contribution in [0.3, 0.4) is 0 Å². The standard InChI is InChI=1S/C14H13ClO2/c15-12-4-2-11(3-5-12)10-13-6-8-14(17-13)7-1-9-16-14/h2-6,8,10H,1,7,9H2/b13-10-. The van der Waals surface area contributed by atoms with E-state index >= 15 is 0 Å². The van der Waals surface area contributed by atoms with Crippen LogP contribution in [0.4, 0.5) is 0 Å². The van der Waals surface area contributed by atoms with E-state index in [4.69, 9.17) is 21.1 Å². The van der Waals surface area contributed by atoms with Gasteiger partial charge in [-0.1, -0.05) is 23.7 Å². The molecule has 0 aliphatic carbocycles. The number of rotatable bonds is 1. The molecule has 0 radical (unpaired) electrons. The first-order valence-electron chi connectivity index (χ1n) is 5.75. The smallest absolute Gasteiger partial charge is 0.230 e. The van der Waals surface area contributed by atoms with Crippen molar-refractivity contribution in [3.8, 4) is 0 Å². The second kappa shape index (κ2) is 4.21. The molecule has 1 saturated heterocycles. The highest BCUT2D eigenvalue weighted by atomic mass is 35.5.